The molecule has 2 aliphatic rings. The lowest BCUT2D eigenvalue weighted by atomic mass is 9.94. The Morgan fingerprint density at radius 3 is 3.09 bits per heavy atom. The highest BCUT2D eigenvalue weighted by atomic mass is 16.5. The molecule has 4 rings (SSSR count). The number of fused-ring (bicyclic) bond motifs is 1. The van der Waals surface area contributed by atoms with E-state index in [0.717, 1.165) is 25.3 Å². The van der Waals surface area contributed by atoms with Crippen molar-refractivity contribution >= 4 is 0 Å². The van der Waals surface area contributed by atoms with Crippen LogP contribution in [-0.4, -0.2) is 33.8 Å². The van der Waals surface area contributed by atoms with Crippen LogP contribution in [0.5, 0.6) is 5.75 Å². The molecule has 0 amide bonds. The lowest BCUT2D eigenvalue weighted by molar-refractivity contribution is 0.138. The minimum Gasteiger partial charge on any atom is -0.487 e. The van der Waals surface area contributed by atoms with Crippen molar-refractivity contribution in [3.8, 4) is 5.75 Å². The molecule has 1 fully saturated rings. The topological polar surface area (TPSA) is 41.2 Å². The van der Waals surface area contributed by atoms with Crippen molar-refractivity contribution in [1.82, 2.24) is 15.1 Å². The Morgan fingerprint density at radius 1 is 1.35 bits per heavy atom. The average Bonchev–Trinajstić information content (AvgIpc) is 3.13. The van der Waals surface area contributed by atoms with Gasteiger partial charge in [0.05, 0.1) is 0 Å². The number of piperidine rings is 1. The highest BCUT2D eigenvalue weighted by Crippen LogP contribution is 2.35. The van der Waals surface area contributed by atoms with E-state index in [1.165, 1.54) is 36.2 Å². The zero-order valence-electron chi connectivity index (χ0n) is 14.0. The largest absolute Gasteiger partial charge is 0.487 e. The summed E-state index contributed by atoms with van der Waals surface area (Å²) in [5, 5.41) is 7.24. The number of aromatic amines is 1. The van der Waals surface area contributed by atoms with Crippen LogP contribution in [0.3, 0.4) is 0 Å². The number of hydrogen-bond acceptors (Lipinski definition) is 3. The third-order valence-corrected chi connectivity index (χ3v) is 5.00. The van der Waals surface area contributed by atoms with Crippen LogP contribution in [0.1, 0.15) is 49.4 Å². The van der Waals surface area contributed by atoms with E-state index >= 15 is 0 Å². The molecule has 1 atom stereocenters. The minimum absolute atomic E-state index is 0.0577. The monoisotopic (exact) mass is 311 g/mol. The van der Waals surface area contributed by atoms with Crippen LogP contribution in [0.15, 0.2) is 30.5 Å². The Kier molecular flexibility index (Phi) is 3.64. The molecule has 2 aromatic rings. The molecule has 0 aliphatic carbocycles. The van der Waals surface area contributed by atoms with Gasteiger partial charge in [-0.1, -0.05) is 12.1 Å². The molecule has 122 valence electrons. The van der Waals surface area contributed by atoms with E-state index in [9.17, 15) is 0 Å². The number of ether oxygens (including phenoxy) is 1. The summed E-state index contributed by atoms with van der Waals surface area (Å²) < 4.78 is 5.98. The first-order chi connectivity index (χ1) is 11.1. The number of H-pyrrole nitrogens is 1. The average molecular weight is 311 g/mol. The molecular weight excluding hydrogens is 286 g/mol. The number of aromatic nitrogens is 2. The van der Waals surface area contributed by atoms with Crippen molar-refractivity contribution < 1.29 is 4.74 Å². The minimum atomic E-state index is -0.0577. The quantitative estimate of drug-likeness (QED) is 0.943. The van der Waals surface area contributed by atoms with Crippen LogP contribution in [0.25, 0.3) is 0 Å². The van der Waals surface area contributed by atoms with Gasteiger partial charge in [-0.15, -0.1) is 0 Å². The first-order valence-electron chi connectivity index (χ1n) is 8.61. The molecule has 1 aromatic carbocycles. The summed E-state index contributed by atoms with van der Waals surface area (Å²) in [7, 11) is 0. The molecule has 0 unspecified atom stereocenters. The van der Waals surface area contributed by atoms with Crippen LogP contribution >= 0.6 is 0 Å². The summed E-state index contributed by atoms with van der Waals surface area (Å²) in [5.41, 5.74) is 3.97. The van der Waals surface area contributed by atoms with Crippen molar-refractivity contribution in [2.24, 2.45) is 0 Å². The van der Waals surface area contributed by atoms with E-state index in [0.29, 0.717) is 5.92 Å². The molecule has 4 heteroatoms. The summed E-state index contributed by atoms with van der Waals surface area (Å²) in [4.78, 5) is 2.57. The van der Waals surface area contributed by atoms with Crippen molar-refractivity contribution in [2.75, 3.05) is 13.1 Å². The van der Waals surface area contributed by atoms with E-state index in [4.69, 9.17) is 4.74 Å². The third-order valence-electron chi connectivity index (χ3n) is 5.00. The number of hydrogen-bond donors (Lipinski definition) is 1. The molecule has 0 saturated carbocycles. The Morgan fingerprint density at radius 2 is 2.26 bits per heavy atom. The Hall–Kier alpha value is -1.81. The van der Waals surface area contributed by atoms with Gasteiger partial charge in [-0.3, -0.25) is 10.00 Å². The predicted molar refractivity (Wildman–Crippen MR) is 90.7 cm³/mol. The van der Waals surface area contributed by atoms with E-state index in [1.807, 2.05) is 6.20 Å². The van der Waals surface area contributed by atoms with Crippen molar-refractivity contribution in [3.05, 3.63) is 47.3 Å². The molecule has 1 N–H and O–H groups in total. The Labute approximate surface area is 137 Å². The van der Waals surface area contributed by atoms with E-state index in [1.54, 1.807) is 0 Å². The van der Waals surface area contributed by atoms with Gasteiger partial charge in [0.2, 0.25) is 0 Å². The predicted octanol–water partition coefficient (Wildman–Crippen LogP) is 3.50. The van der Waals surface area contributed by atoms with E-state index < -0.39 is 0 Å². The van der Waals surface area contributed by atoms with Crippen LogP contribution in [0.2, 0.25) is 0 Å². The first-order valence-corrected chi connectivity index (χ1v) is 8.61. The maximum atomic E-state index is 5.98. The fraction of sp³-hybridized carbons (Fsp3) is 0.526. The third kappa shape index (κ3) is 3.13. The molecule has 23 heavy (non-hydrogen) atoms. The fourth-order valence-electron chi connectivity index (χ4n) is 3.97. The number of rotatable bonds is 3. The zero-order valence-corrected chi connectivity index (χ0v) is 14.0. The van der Waals surface area contributed by atoms with Gasteiger partial charge >= 0.3 is 0 Å². The van der Waals surface area contributed by atoms with E-state index in [2.05, 4.69) is 53.2 Å². The van der Waals surface area contributed by atoms with Gasteiger partial charge in [-0.25, -0.2) is 0 Å². The van der Waals surface area contributed by atoms with Crippen LogP contribution in [-0.2, 0) is 13.0 Å². The maximum absolute atomic E-state index is 5.98. The molecule has 4 nitrogen and oxygen atoms in total. The van der Waals surface area contributed by atoms with Crippen molar-refractivity contribution in [2.45, 2.75) is 51.2 Å². The molecular formula is C19H25N3O. The van der Waals surface area contributed by atoms with Gasteiger partial charge in [-0.05, 0) is 56.5 Å². The van der Waals surface area contributed by atoms with Crippen LogP contribution in [0, 0.1) is 0 Å². The maximum Gasteiger partial charge on any atom is 0.123 e. The highest BCUT2D eigenvalue weighted by molar-refractivity contribution is 5.41. The standard InChI is InChI=1S/C19H25N3O/c1-19(2)11-16-10-14(5-6-18(16)23-19)12-22-9-3-4-15(13-22)17-7-8-20-21-17/h5-8,10,15H,3-4,9,11-13H2,1-2H3,(H,20,21)/t15-/m0/s1. The Bertz CT molecular complexity index is 678. The van der Waals surface area contributed by atoms with Crippen LogP contribution < -0.4 is 4.74 Å². The summed E-state index contributed by atoms with van der Waals surface area (Å²) in [5.74, 6) is 1.65. The van der Waals surface area contributed by atoms with Crippen molar-refractivity contribution in [3.63, 3.8) is 0 Å². The smallest absolute Gasteiger partial charge is 0.123 e. The number of benzene rings is 1. The second-order valence-electron chi connectivity index (χ2n) is 7.57. The second-order valence-corrected chi connectivity index (χ2v) is 7.57. The summed E-state index contributed by atoms with van der Waals surface area (Å²) in [6, 6.07) is 8.82. The Balaban J connectivity index is 1.44. The van der Waals surface area contributed by atoms with Gasteiger partial charge in [0.15, 0.2) is 0 Å². The van der Waals surface area contributed by atoms with Crippen molar-refractivity contribution in [1.29, 1.82) is 0 Å². The summed E-state index contributed by atoms with van der Waals surface area (Å²) in [6.45, 7) is 7.64. The molecule has 3 heterocycles. The second kappa shape index (κ2) is 5.68. The van der Waals surface area contributed by atoms with Gasteiger partial charge in [0.25, 0.3) is 0 Å². The fourth-order valence-corrected chi connectivity index (χ4v) is 3.97. The summed E-state index contributed by atoms with van der Waals surface area (Å²) >= 11 is 0. The van der Waals surface area contributed by atoms with Gasteiger partial charge < -0.3 is 4.74 Å². The van der Waals surface area contributed by atoms with Gasteiger partial charge in [-0.2, -0.15) is 5.10 Å². The highest BCUT2D eigenvalue weighted by Gasteiger charge is 2.30. The lowest BCUT2D eigenvalue weighted by Gasteiger charge is -2.32. The number of likely N-dealkylation sites (tertiary alicyclic amines) is 1. The van der Waals surface area contributed by atoms with Crippen LogP contribution in [0.4, 0.5) is 0 Å². The number of nitrogens with zero attached hydrogens (tertiary/aromatic N) is 2. The molecule has 0 spiro atoms. The lowest BCUT2D eigenvalue weighted by Crippen LogP contribution is -2.34. The van der Waals surface area contributed by atoms with Gasteiger partial charge in [0.1, 0.15) is 11.4 Å². The molecule has 0 bridgehead atoms. The molecule has 1 saturated heterocycles. The normalized spacial score (nSPS) is 23.5. The first kappa shape index (κ1) is 14.8. The van der Waals surface area contributed by atoms with E-state index in [-0.39, 0.29) is 5.60 Å². The molecule has 1 aromatic heterocycles. The SMILES string of the molecule is CC1(C)Cc2cc(CN3CCC[C@H](c4ccn[nH]4)C3)ccc2O1. The molecule has 0 radical (unpaired) electrons. The summed E-state index contributed by atoms with van der Waals surface area (Å²) in [6.07, 6.45) is 5.37. The number of nitrogens with one attached hydrogen (secondary N) is 1. The zero-order chi connectivity index (χ0) is 15.9. The molecule has 2 aliphatic heterocycles. The van der Waals surface area contributed by atoms with Gasteiger partial charge in [0, 0.05) is 37.3 Å².